The Morgan fingerprint density at radius 1 is 1.55 bits per heavy atom. The highest BCUT2D eigenvalue weighted by atomic mass is 79.9. The summed E-state index contributed by atoms with van der Waals surface area (Å²) < 4.78 is 7.44. The first kappa shape index (κ1) is 13.3. The number of pyridine rings is 1. The van der Waals surface area contributed by atoms with Gasteiger partial charge in [0.15, 0.2) is 0 Å². The molecule has 2 aromatic rings. The lowest BCUT2D eigenvalue weighted by Crippen LogP contribution is -2.17. The molecular formula is C14H13BrN2O3. The third kappa shape index (κ3) is 2.60. The first-order valence-corrected chi connectivity index (χ1v) is 7.18. The fourth-order valence-electron chi connectivity index (χ4n) is 2.10. The van der Waals surface area contributed by atoms with Crippen molar-refractivity contribution in [2.24, 2.45) is 11.8 Å². The summed E-state index contributed by atoms with van der Waals surface area (Å²) in [6.07, 6.45) is 2.55. The van der Waals surface area contributed by atoms with E-state index in [9.17, 15) is 9.59 Å². The summed E-state index contributed by atoms with van der Waals surface area (Å²) in [4.78, 5) is 27.9. The van der Waals surface area contributed by atoms with Gasteiger partial charge in [0.2, 0.25) is 0 Å². The molecule has 1 aliphatic carbocycles. The summed E-state index contributed by atoms with van der Waals surface area (Å²) in [5, 5.41) is 0. The number of ether oxygens (including phenoxy) is 1. The molecule has 0 saturated heterocycles. The molecule has 0 amide bonds. The summed E-state index contributed by atoms with van der Waals surface area (Å²) in [5.74, 6) is 0.234. The zero-order chi connectivity index (χ0) is 14.3. The van der Waals surface area contributed by atoms with Crippen LogP contribution in [0.5, 0.6) is 0 Å². The molecule has 0 unspecified atom stereocenters. The maximum atomic E-state index is 12.0. The molecule has 20 heavy (non-hydrogen) atoms. The normalized spacial score (nSPS) is 20.9. The van der Waals surface area contributed by atoms with Crippen LogP contribution >= 0.6 is 15.9 Å². The third-order valence-electron chi connectivity index (χ3n) is 3.45. The number of carbonyl (C=O) groups is 1. The summed E-state index contributed by atoms with van der Waals surface area (Å²) in [6.45, 7) is 2.06. The fourth-order valence-corrected chi connectivity index (χ4v) is 2.44. The van der Waals surface area contributed by atoms with Crippen LogP contribution < -0.4 is 5.56 Å². The number of esters is 1. The lowest BCUT2D eigenvalue weighted by molar-refractivity contribution is -0.147. The van der Waals surface area contributed by atoms with Crippen LogP contribution in [0.1, 0.15) is 19.0 Å². The van der Waals surface area contributed by atoms with Gasteiger partial charge in [-0.25, -0.2) is 4.98 Å². The van der Waals surface area contributed by atoms with Gasteiger partial charge in [-0.3, -0.25) is 14.0 Å². The highest BCUT2D eigenvalue weighted by Crippen LogP contribution is 2.38. The van der Waals surface area contributed by atoms with E-state index in [1.165, 1.54) is 10.5 Å². The van der Waals surface area contributed by atoms with E-state index in [-0.39, 0.29) is 24.1 Å². The fraction of sp³-hybridized carbons (Fsp3) is 0.357. The number of aromatic nitrogens is 2. The quantitative estimate of drug-likeness (QED) is 0.806. The maximum absolute atomic E-state index is 12.0. The largest absolute Gasteiger partial charge is 0.459 e. The van der Waals surface area contributed by atoms with E-state index < -0.39 is 0 Å². The minimum atomic E-state index is -0.199. The van der Waals surface area contributed by atoms with Crippen molar-refractivity contribution >= 4 is 27.5 Å². The zero-order valence-electron chi connectivity index (χ0n) is 10.9. The summed E-state index contributed by atoms with van der Waals surface area (Å²) >= 11 is 3.31. The van der Waals surface area contributed by atoms with E-state index in [1.807, 2.05) is 13.0 Å². The zero-order valence-corrected chi connectivity index (χ0v) is 12.5. The molecule has 1 fully saturated rings. The third-order valence-corrected chi connectivity index (χ3v) is 3.92. The highest BCUT2D eigenvalue weighted by Gasteiger charge is 2.40. The van der Waals surface area contributed by atoms with Crippen molar-refractivity contribution in [1.82, 2.24) is 9.38 Å². The van der Waals surface area contributed by atoms with Gasteiger partial charge in [0.1, 0.15) is 12.3 Å². The van der Waals surface area contributed by atoms with Gasteiger partial charge in [-0.15, -0.1) is 0 Å². The minimum absolute atomic E-state index is 0.0208. The molecule has 2 aromatic heterocycles. The predicted molar refractivity (Wildman–Crippen MR) is 76.2 cm³/mol. The minimum Gasteiger partial charge on any atom is -0.459 e. The number of hydrogen-bond acceptors (Lipinski definition) is 4. The molecular weight excluding hydrogens is 324 g/mol. The lowest BCUT2D eigenvalue weighted by Gasteiger charge is -2.06. The van der Waals surface area contributed by atoms with Crippen molar-refractivity contribution in [3.8, 4) is 0 Å². The second-order valence-electron chi connectivity index (χ2n) is 5.09. The molecule has 0 aliphatic heterocycles. The molecule has 5 nitrogen and oxygen atoms in total. The second kappa shape index (κ2) is 5.01. The van der Waals surface area contributed by atoms with Gasteiger partial charge < -0.3 is 4.74 Å². The summed E-state index contributed by atoms with van der Waals surface area (Å²) in [7, 11) is 0. The molecule has 6 heteroatoms. The Kier molecular flexibility index (Phi) is 3.33. The van der Waals surface area contributed by atoms with E-state index in [2.05, 4.69) is 20.9 Å². The van der Waals surface area contributed by atoms with Gasteiger partial charge in [-0.1, -0.05) is 6.92 Å². The maximum Gasteiger partial charge on any atom is 0.309 e. The van der Waals surface area contributed by atoms with Crippen molar-refractivity contribution in [3.63, 3.8) is 0 Å². The van der Waals surface area contributed by atoms with Crippen molar-refractivity contribution in [3.05, 3.63) is 44.9 Å². The van der Waals surface area contributed by atoms with E-state index in [4.69, 9.17) is 4.74 Å². The molecule has 2 heterocycles. The standard InChI is InChI=1S/C14H13BrN2O3/c1-8-4-11(8)14(19)20-7-10-5-13(18)17-6-9(15)2-3-12(17)16-10/h2-3,5-6,8,11H,4,7H2,1H3/t8-,11+/m0/s1. The van der Waals surface area contributed by atoms with Crippen molar-refractivity contribution in [1.29, 1.82) is 0 Å². The molecule has 0 N–H and O–H groups in total. The van der Waals surface area contributed by atoms with Crippen LogP contribution in [0.15, 0.2) is 33.7 Å². The Morgan fingerprint density at radius 3 is 3.00 bits per heavy atom. The average Bonchev–Trinajstić information content (AvgIpc) is 3.14. The Hall–Kier alpha value is -1.69. The molecule has 1 aliphatic rings. The first-order chi connectivity index (χ1) is 9.54. The topological polar surface area (TPSA) is 60.7 Å². The Morgan fingerprint density at radius 2 is 2.30 bits per heavy atom. The molecule has 0 bridgehead atoms. The first-order valence-electron chi connectivity index (χ1n) is 6.39. The van der Waals surface area contributed by atoms with E-state index in [0.717, 1.165) is 10.9 Å². The van der Waals surface area contributed by atoms with Gasteiger partial charge >= 0.3 is 5.97 Å². The Labute approximate surface area is 123 Å². The van der Waals surface area contributed by atoms with Gasteiger partial charge in [-0.05, 0) is 40.4 Å². The van der Waals surface area contributed by atoms with Gasteiger partial charge in [-0.2, -0.15) is 0 Å². The highest BCUT2D eigenvalue weighted by molar-refractivity contribution is 9.10. The van der Waals surface area contributed by atoms with Gasteiger partial charge in [0.25, 0.3) is 5.56 Å². The monoisotopic (exact) mass is 336 g/mol. The number of nitrogens with zero attached hydrogens (tertiary/aromatic N) is 2. The van der Waals surface area contributed by atoms with Crippen LogP contribution in [0.3, 0.4) is 0 Å². The van der Waals surface area contributed by atoms with Crippen molar-refractivity contribution < 1.29 is 9.53 Å². The van der Waals surface area contributed by atoms with E-state index in [0.29, 0.717) is 17.3 Å². The molecule has 0 aromatic carbocycles. The number of hydrogen-bond donors (Lipinski definition) is 0. The van der Waals surface area contributed by atoms with E-state index >= 15 is 0 Å². The number of halogens is 1. The molecule has 2 atom stereocenters. The second-order valence-corrected chi connectivity index (χ2v) is 6.00. The van der Waals surface area contributed by atoms with Crippen LogP contribution in [-0.2, 0) is 16.1 Å². The predicted octanol–water partition coefficient (Wildman–Crippen LogP) is 2.16. The SMILES string of the molecule is C[C@H]1C[C@H]1C(=O)OCc1cc(=O)n2cc(Br)ccc2n1. The Bertz CT molecular complexity index is 741. The van der Waals surface area contributed by atoms with Crippen molar-refractivity contribution in [2.75, 3.05) is 0 Å². The smallest absolute Gasteiger partial charge is 0.309 e. The van der Waals surface area contributed by atoms with Crippen LogP contribution in [0.2, 0.25) is 0 Å². The molecule has 3 rings (SSSR count). The van der Waals surface area contributed by atoms with Crippen LogP contribution in [0.4, 0.5) is 0 Å². The van der Waals surface area contributed by atoms with Crippen LogP contribution in [0.25, 0.3) is 5.65 Å². The number of carbonyl (C=O) groups excluding carboxylic acids is 1. The van der Waals surface area contributed by atoms with E-state index in [1.54, 1.807) is 12.3 Å². The molecule has 0 radical (unpaired) electrons. The molecule has 104 valence electrons. The average molecular weight is 337 g/mol. The van der Waals surface area contributed by atoms with Crippen LogP contribution in [0, 0.1) is 11.8 Å². The lowest BCUT2D eigenvalue weighted by atomic mass is 10.3. The van der Waals surface area contributed by atoms with Crippen molar-refractivity contribution in [2.45, 2.75) is 20.0 Å². The van der Waals surface area contributed by atoms with Crippen LogP contribution in [-0.4, -0.2) is 15.4 Å². The number of rotatable bonds is 3. The molecule has 0 spiro atoms. The van der Waals surface area contributed by atoms with Gasteiger partial charge in [0.05, 0.1) is 11.6 Å². The van der Waals surface area contributed by atoms with Gasteiger partial charge in [0, 0.05) is 16.7 Å². The molecule has 1 saturated carbocycles. The summed E-state index contributed by atoms with van der Waals surface area (Å²) in [6, 6.07) is 4.94. The number of fused-ring (bicyclic) bond motifs is 1. The Balaban J connectivity index is 1.80. The summed E-state index contributed by atoms with van der Waals surface area (Å²) in [5.41, 5.74) is 0.813.